The first-order valence-electron chi connectivity index (χ1n) is 9.66. The highest BCUT2D eigenvalue weighted by Gasteiger charge is 2.24. The van der Waals surface area contributed by atoms with Gasteiger partial charge in [-0.1, -0.05) is 67.0 Å². The van der Waals surface area contributed by atoms with Gasteiger partial charge in [0.15, 0.2) is 10.9 Å². The van der Waals surface area contributed by atoms with Crippen molar-refractivity contribution < 1.29 is 14.3 Å². The summed E-state index contributed by atoms with van der Waals surface area (Å²) in [4.78, 5) is 34.1. The Morgan fingerprint density at radius 3 is 2.61 bits per heavy atom. The van der Waals surface area contributed by atoms with Crippen molar-refractivity contribution in [3.05, 3.63) is 57.7 Å². The molecular weight excluding hydrogens is 454 g/mol. The van der Waals surface area contributed by atoms with E-state index in [-0.39, 0.29) is 22.6 Å². The van der Waals surface area contributed by atoms with Gasteiger partial charge in [-0.05, 0) is 19.4 Å². The average molecular weight is 476 g/mol. The molecule has 0 aliphatic heterocycles. The first-order valence-corrected chi connectivity index (χ1v) is 11.8. The van der Waals surface area contributed by atoms with Crippen LogP contribution in [0.5, 0.6) is 0 Å². The number of aromatic nitrogens is 2. The second kappa shape index (κ2) is 10.3. The Hall–Kier alpha value is -2.42. The van der Waals surface area contributed by atoms with Crippen LogP contribution in [0.25, 0.3) is 11.1 Å². The number of rotatable bonds is 7. The van der Waals surface area contributed by atoms with Crippen LogP contribution in [0.4, 0.5) is 5.00 Å². The molecule has 0 atom stereocenters. The van der Waals surface area contributed by atoms with Crippen LogP contribution in [0.15, 0.2) is 41.0 Å². The van der Waals surface area contributed by atoms with Crippen molar-refractivity contribution in [2.75, 3.05) is 11.9 Å². The van der Waals surface area contributed by atoms with Gasteiger partial charge in [-0.3, -0.25) is 4.79 Å². The van der Waals surface area contributed by atoms with Crippen molar-refractivity contribution in [2.45, 2.75) is 38.1 Å². The van der Waals surface area contributed by atoms with Crippen molar-refractivity contribution in [3.63, 3.8) is 0 Å². The van der Waals surface area contributed by atoms with Crippen LogP contribution >= 0.6 is 34.7 Å². The summed E-state index contributed by atoms with van der Waals surface area (Å²) < 4.78 is 5.25. The van der Waals surface area contributed by atoms with Gasteiger partial charge in [-0.25, -0.2) is 14.8 Å². The molecule has 2 aromatic heterocycles. The fourth-order valence-corrected chi connectivity index (χ4v) is 4.55. The molecule has 0 saturated carbocycles. The summed E-state index contributed by atoms with van der Waals surface area (Å²) in [7, 11) is 0. The molecular formula is C22H22ClN3O3S2. The van der Waals surface area contributed by atoms with Crippen LogP contribution in [0.3, 0.4) is 0 Å². The van der Waals surface area contributed by atoms with E-state index < -0.39 is 11.9 Å². The number of carbonyl (C=O) groups is 2. The molecule has 3 aromatic rings. The summed E-state index contributed by atoms with van der Waals surface area (Å²) in [5.41, 5.74) is 3.04. The fraction of sp³-hybridized carbons (Fsp3) is 0.273. The van der Waals surface area contributed by atoms with Gasteiger partial charge >= 0.3 is 5.97 Å². The smallest absolute Gasteiger partial charge is 0.341 e. The van der Waals surface area contributed by atoms with E-state index in [1.165, 1.54) is 29.3 Å². The highest BCUT2D eigenvalue weighted by Crippen LogP contribution is 2.37. The molecule has 0 aliphatic rings. The Kier molecular flexibility index (Phi) is 7.69. The van der Waals surface area contributed by atoms with E-state index in [0.717, 1.165) is 11.1 Å². The molecule has 0 saturated heterocycles. The molecule has 1 N–H and O–H groups in total. The maximum atomic E-state index is 13.0. The number of halogens is 1. The van der Waals surface area contributed by atoms with Crippen molar-refractivity contribution >= 4 is 51.6 Å². The summed E-state index contributed by atoms with van der Waals surface area (Å²) in [5, 5.41) is 5.84. The van der Waals surface area contributed by atoms with Crippen LogP contribution in [0.2, 0.25) is 5.02 Å². The van der Waals surface area contributed by atoms with E-state index in [0.29, 0.717) is 21.3 Å². The Morgan fingerprint density at radius 2 is 1.97 bits per heavy atom. The summed E-state index contributed by atoms with van der Waals surface area (Å²) in [6, 6.07) is 7.80. The van der Waals surface area contributed by atoms with Gasteiger partial charge in [0.25, 0.3) is 5.91 Å². The molecule has 31 heavy (non-hydrogen) atoms. The number of amides is 1. The van der Waals surface area contributed by atoms with Crippen molar-refractivity contribution in [1.82, 2.24) is 9.97 Å². The lowest BCUT2D eigenvalue weighted by molar-refractivity contribution is 0.0529. The number of thioether (sulfide) groups is 1. The summed E-state index contributed by atoms with van der Waals surface area (Å²) in [6.45, 7) is 7.97. The number of thiophene rings is 1. The van der Waals surface area contributed by atoms with Crippen molar-refractivity contribution in [1.29, 1.82) is 0 Å². The van der Waals surface area contributed by atoms with E-state index in [1.54, 1.807) is 6.92 Å². The molecule has 162 valence electrons. The first kappa shape index (κ1) is 23.2. The molecule has 1 amide bonds. The van der Waals surface area contributed by atoms with Crippen molar-refractivity contribution in [2.24, 2.45) is 0 Å². The summed E-state index contributed by atoms with van der Waals surface area (Å²) >= 11 is 8.86. The summed E-state index contributed by atoms with van der Waals surface area (Å²) in [5.74, 6) is -1.01. The summed E-state index contributed by atoms with van der Waals surface area (Å²) in [6.07, 6.45) is 1.41. The number of anilines is 1. The van der Waals surface area contributed by atoms with E-state index in [4.69, 9.17) is 16.3 Å². The Labute approximate surface area is 194 Å². The number of esters is 1. The number of hydrogen-bond donors (Lipinski definition) is 1. The van der Waals surface area contributed by atoms with Crippen LogP contribution in [0.1, 0.15) is 47.2 Å². The quantitative estimate of drug-likeness (QED) is 0.253. The Balaban J connectivity index is 1.97. The normalized spacial score (nSPS) is 10.9. The second-order valence-electron chi connectivity index (χ2n) is 6.91. The molecule has 2 heterocycles. The predicted octanol–water partition coefficient (Wildman–Crippen LogP) is 6.10. The number of carbonyl (C=O) groups excluding carboxylic acids is 2. The lowest BCUT2D eigenvalue weighted by Crippen LogP contribution is -2.17. The zero-order valence-corrected chi connectivity index (χ0v) is 20.0. The third-order valence-corrected chi connectivity index (χ3v) is 6.19. The van der Waals surface area contributed by atoms with Gasteiger partial charge in [0.1, 0.15) is 10.6 Å². The van der Waals surface area contributed by atoms with E-state index in [1.807, 2.05) is 50.4 Å². The molecule has 3 rings (SSSR count). The highest BCUT2D eigenvalue weighted by atomic mass is 35.5. The maximum absolute atomic E-state index is 13.0. The molecule has 9 heteroatoms. The number of nitrogens with one attached hydrogen (secondary N) is 1. The SMILES string of the molecule is CCOC(=O)c1c(-c2ccc(C)cc2)csc1NC(=O)c1nc(SC(C)C)ncc1Cl. The second-order valence-corrected chi connectivity index (χ2v) is 9.74. The lowest BCUT2D eigenvalue weighted by atomic mass is 10.0. The first-order chi connectivity index (χ1) is 14.8. The Morgan fingerprint density at radius 1 is 1.26 bits per heavy atom. The maximum Gasteiger partial charge on any atom is 0.341 e. The average Bonchev–Trinajstić information content (AvgIpc) is 3.13. The molecule has 0 fully saturated rings. The Bertz CT molecular complexity index is 1100. The minimum Gasteiger partial charge on any atom is -0.462 e. The van der Waals surface area contributed by atoms with Crippen LogP contribution < -0.4 is 5.32 Å². The van der Waals surface area contributed by atoms with Gasteiger partial charge in [-0.15, -0.1) is 11.3 Å². The molecule has 0 radical (unpaired) electrons. The zero-order chi connectivity index (χ0) is 22.5. The lowest BCUT2D eigenvalue weighted by Gasteiger charge is -2.10. The van der Waals surface area contributed by atoms with Crippen molar-refractivity contribution in [3.8, 4) is 11.1 Å². The molecule has 0 bridgehead atoms. The van der Waals surface area contributed by atoms with Crippen LogP contribution in [-0.2, 0) is 4.74 Å². The van der Waals surface area contributed by atoms with E-state index in [9.17, 15) is 9.59 Å². The van der Waals surface area contributed by atoms with Gasteiger partial charge in [-0.2, -0.15) is 0 Å². The minimum absolute atomic E-state index is 0.0555. The van der Waals surface area contributed by atoms with E-state index >= 15 is 0 Å². The monoisotopic (exact) mass is 475 g/mol. The van der Waals surface area contributed by atoms with Crippen LogP contribution in [0, 0.1) is 6.92 Å². The standard InChI is InChI=1S/C22H22ClN3O3S2/c1-5-29-21(28)17-15(14-8-6-13(4)7-9-14)11-30-20(17)26-19(27)18-16(23)10-24-22(25-18)31-12(2)3/h6-12H,5H2,1-4H3,(H,26,27). The van der Waals surface area contributed by atoms with Gasteiger partial charge in [0.2, 0.25) is 0 Å². The molecule has 0 unspecified atom stereocenters. The number of ether oxygens (including phenoxy) is 1. The molecule has 6 nitrogen and oxygen atoms in total. The third-order valence-electron chi connectivity index (χ3n) is 4.14. The number of hydrogen-bond acceptors (Lipinski definition) is 7. The minimum atomic E-state index is -0.513. The number of benzene rings is 1. The predicted molar refractivity (Wildman–Crippen MR) is 126 cm³/mol. The number of nitrogens with zero attached hydrogens (tertiary/aromatic N) is 2. The zero-order valence-electron chi connectivity index (χ0n) is 17.6. The molecule has 0 spiro atoms. The third kappa shape index (κ3) is 5.64. The molecule has 0 aliphatic carbocycles. The van der Waals surface area contributed by atoms with Crippen LogP contribution in [-0.4, -0.2) is 33.7 Å². The van der Waals surface area contributed by atoms with Gasteiger partial charge in [0.05, 0.1) is 17.8 Å². The van der Waals surface area contributed by atoms with Gasteiger partial charge in [0, 0.05) is 16.2 Å². The van der Waals surface area contributed by atoms with Gasteiger partial charge < -0.3 is 10.1 Å². The topological polar surface area (TPSA) is 81.2 Å². The molecule has 1 aromatic carbocycles. The largest absolute Gasteiger partial charge is 0.462 e. The van der Waals surface area contributed by atoms with E-state index in [2.05, 4.69) is 15.3 Å². The highest BCUT2D eigenvalue weighted by molar-refractivity contribution is 7.99. The fourth-order valence-electron chi connectivity index (χ4n) is 2.74. The number of aryl methyl sites for hydroxylation is 1.